The van der Waals surface area contributed by atoms with E-state index in [0.29, 0.717) is 28.9 Å². The first-order valence-corrected chi connectivity index (χ1v) is 8.40. The SMILES string of the molecule is O=C(c1ccccc1)C1COc2c(c(=O)oc3ccc(Br)cc23)C1. The summed E-state index contributed by atoms with van der Waals surface area (Å²) < 4.78 is 12.1. The molecule has 0 amide bonds. The van der Waals surface area contributed by atoms with E-state index in [-0.39, 0.29) is 18.3 Å². The number of ketones is 1. The van der Waals surface area contributed by atoms with Gasteiger partial charge in [-0.3, -0.25) is 4.79 Å². The van der Waals surface area contributed by atoms with Crippen molar-refractivity contribution in [2.75, 3.05) is 6.61 Å². The maximum atomic E-state index is 12.6. The fraction of sp³-hybridized carbons (Fsp3) is 0.158. The van der Waals surface area contributed by atoms with Gasteiger partial charge in [0.15, 0.2) is 5.78 Å². The minimum atomic E-state index is -0.439. The molecule has 0 spiro atoms. The highest BCUT2D eigenvalue weighted by Crippen LogP contribution is 2.34. The average molecular weight is 385 g/mol. The van der Waals surface area contributed by atoms with Crippen LogP contribution >= 0.6 is 15.9 Å². The molecule has 4 nitrogen and oxygen atoms in total. The van der Waals surface area contributed by atoms with Gasteiger partial charge in [-0.15, -0.1) is 0 Å². The summed E-state index contributed by atoms with van der Waals surface area (Å²) in [6.45, 7) is 0.256. The van der Waals surface area contributed by atoms with E-state index in [1.54, 1.807) is 18.2 Å². The Morgan fingerprint density at radius 3 is 2.71 bits per heavy atom. The van der Waals surface area contributed by atoms with Gasteiger partial charge >= 0.3 is 5.63 Å². The van der Waals surface area contributed by atoms with Gasteiger partial charge in [0, 0.05) is 10.0 Å². The molecule has 2 heterocycles. The molecule has 0 N–H and O–H groups in total. The summed E-state index contributed by atoms with van der Waals surface area (Å²) in [5.41, 5.74) is 1.10. The van der Waals surface area contributed by atoms with Gasteiger partial charge in [0.1, 0.15) is 11.3 Å². The molecule has 1 unspecified atom stereocenters. The molecular formula is C19H13BrO4. The third-order valence-electron chi connectivity index (χ3n) is 4.22. The van der Waals surface area contributed by atoms with E-state index >= 15 is 0 Å². The zero-order valence-corrected chi connectivity index (χ0v) is 14.2. The van der Waals surface area contributed by atoms with Crippen LogP contribution in [0.1, 0.15) is 15.9 Å². The number of hydrogen-bond donors (Lipinski definition) is 0. The number of halogens is 1. The molecule has 24 heavy (non-hydrogen) atoms. The van der Waals surface area contributed by atoms with Gasteiger partial charge in [-0.2, -0.15) is 0 Å². The Labute approximate surface area is 146 Å². The van der Waals surface area contributed by atoms with E-state index in [1.807, 2.05) is 30.3 Å². The number of carbonyl (C=O) groups is 1. The fourth-order valence-electron chi connectivity index (χ4n) is 3.02. The van der Waals surface area contributed by atoms with Crippen molar-refractivity contribution in [3.8, 4) is 5.75 Å². The van der Waals surface area contributed by atoms with Gasteiger partial charge < -0.3 is 9.15 Å². The fourth-order valence-corrected chi connectivity index (χ4v) is 3.38. The topological polar surface area (TPSA) is 56.5 Å². The number of ether oxygens (including phenoxy) is 1. The smallest absolute Gasteiger partial charge is 0.343 e. The average Bonchev–Trinajstić information content (AvgIpc) is 2.62. The minimum absolute atomic E-state index is 0.0185. The van der Waals surface area contributed by atoms with Crippen LogP contribution in [0, 0.1) is 5.92 Å². The van der Waals surface area contributed by atoms with E-state index in [2.05, 4.69) is 15.9 Å². The lowest BCUT2D eigenvalue weighted by atomic mass is 9.90. The molecule has 1 aliphatic rings. The molecule has 4 rings (SSSR count). The zero-order chi connectivity index (χ0) is 16.7. The maximum absolute atomic E-state index is 12.6. The van der Waals surface area contributed by atoms with Crippen molar-refractivity contribution in [1.82, 2.24) is 0 Å². The molecule has 1 aliphatic heterocycles. The number of benzene rings is 2. The lowest BCUT2D eigenvalue weighted by Crippen LogP contribution is -2.31. The lowest BCUT2D eigenvalue weighted by Gasteiger charge is -2.24. The van der Waals surface area contributed by atoms with E-state index in [1.165, 1.54) is 0 Å². The Bertz CT molecular complexity index is 991. The van der Waals surface area contributed by atoms with Crippen LogP contribution in [0.15, 0.2) is 62.2 Å². The second-order valence-electron chi connectivity index (χ2n) is 5.78. The Morgan fingerprint density at radius 1 is 1.12 bits per heavy atom. The van der Waals surface area contributed by atoms with E-state index in [4.69, 9.17) is 9.15 Å². The lowest BCUT2D eigenvalue weighted by molar-refractivity contribution is 0.0854. The van der Waals surface area contributed by atoms with E-state index in [0.717, 1.165) is 9.86 Å². The summed E-state index contributed by atoms with van der Waals surface area (Å²) >= 11 is 3.41. The molecule has 0 bridgehead atoms. The predicted molar refractivity (Wildman–Crippen MR) is 93.6 cm³/mol. The number of carbonyl (C=O) groups excluding carboxylic acids is 1. The molecule has 0 fully saturated rings. The van der Waals surface area contributed by atoms with Gasteiger partial charge in [0.25, 0.3) is 0 Å². The van der Waals surface area contributed by atoms with Gasteiger partial charge in [-0.05, 0) is 24.6 Å². The van der Waals surface area contributed by atoms with Crippen molar-refractivity contribution in [1.29, 1.82) is 0 Å². The Kier molecular flexibility index (Phi) is 3.73. The Morgan fingerprint density at radius 2 is 1.92 bits per heavy atom. The largest absolute Gasteiger partial charge is 0.491 e. The number of fused-ring (bicyclic) bond motifs is 3. The van der Waals surface area contributed by atoms with E-state index < -0.39 is 5.63 Å². The monoisotopic (exact) mass is 384 g/mol. The van der Waals surface area contributed by atoms with Crippen molar-refractivity contribution in [2.45, 2.75) is 6.42 Å². The first-order valence-electron chi connectivity index (χ1n) is 7.61. The minimum Gasteiger partial charge on any atom is -0.491 e. The normalized spacial score (nSPS) is 16.5. The molecule has 0 saturated heterocycles. The van der Waals surface area contributed by atoms with Crippen molar-refractivity contribution in [3.05, 3.63) is 74.6 Å². The van der Waals surface area contributed by atoms with Crippen molar-refractivity contribution in [2.24, 2.45) is 5.92 Å². The molecule has 1 aromatic heterocycles. The molecular weight excluding hydrogens is 372 g/mol. The van der Waals surface area contributed by atoms with Crippen molar-refractivity contribution in [3.63, 3.8) is 0 Å². The summed E-state index contributed by atoms with van der Waals surface area (Å²) in [5, 5.41) is 0.740. The Balaban J connectivity index is 1.76. The summed E-state index contributed by atoms with van der Waals surface area (Å²) in [6, 6.07) is 14.5. The molecule has 0 radical (unpaired) electrons. The zero-order valence-electron chi connectivity index (χ0n) is 12.6. The van der Waals surface area contributed by atoms with Crippen LogP contribution in [0.25, 0.3) is 11.0 Å². The molecule has 120 valence electrons. The Hall–Kier alpha value is -2.40. The first kappa shape index (κ1) is 15.1. The van der Waals surface area contributed by atoms with Crippen LogP contribution in [-0.2, 0) is 6.42 Å². The summed E-state index contributed by atoms with van der Waals surface area (Å²) in [6.07, 6.45) is 0.327. The van der Waals surface area contributed by atoms with Crippen LogP contribution in [0.2, 0.25) is 0 Å². The second-order valence-corrected chi connectivity index (χ2v) is 6.70. The third-order valence-corrected chi connectivity index (χ3v) is 4.71. The molecule has 2 aromatic carbocycles. The molecule has 3 aromatic rings. The number of hydrogen-bond acceptors (Lipinski definition) is 4. The maximum Gasteiger partial charge on any atom is 0.343 e. The van der Waals surface area contributed by atoms with Crippen LogP contribution < -0.4 is 10.4 Å². The van der Waals surface area contributed by atoms with Gasteiger partial charge in [-0.1, -0.05) is 46.3 Å². The molecule has 0 saturated carbocycles. The number of Topliss-reactive ketones (excluding diaryl/α,β-unsaturated/α-hetero) is 1. The molecule has 1 atom stereocenters. The number of rotatable bonds is 2. The molecule has 0 aliphatic carbocycles. The van der Waals surface area contributed by atoms with Gasteiger partial charge in [-0.25, -0.2) is 4.79 Å². The van der Waals surface area contributed by atoms with Crippen LogP contribution in [0.4, 0.5) is 0 Å². The van der Waals surface area contributed by atoms with Crippen LogP contribution in [0.3, 0.4) is 0 Å². The van der Waals surface area contributed by atoms with E-state index in [9.17, 15) is 9.59 Å². The highest BCUT2D eigenvalue weighted by atomic mass is 79.9. The van der Waals surface area contributed by atoms with Crippen molar-refractivity contribution >= 4 is 32.7 Å². The quantitative estimate of drug-likeness (QED) is 0.495. The highest BCUT2D eigenvalue weighted by molar-refractivity contribution is 9.10. The summed E-state index contributed by atoms with van der Waals surface area (Å²) in [4.78, 5) is 24.9. The van der Waals surface area contributed by atoms with Gasteiger partial charge in [0.2, 0.25) is 0 Å². The summed E-state index contributed by atoms with van der Waals surface area (Å²) in [7, 11) is 0. The van der Waals surface area contributed by atoms with Crippen LogP contribution in [0.5, 0.6) is 5.75 Å². The highest BCUT2D eigenvalue weighted by Gasteiger charge is 2.30. The van der Waals surface area contributed by atoms with Crippen LogP contribution in [-0.4, -0.2) is 12.4 Å². The standard InChI is InChI=1S/C19H13BrO4/c20-13-6-7-16-14(9-13)18-15(19(22)24-16)8-12(10-23-18)17(21)11-4-2-1-3-5-11/h1-7,9,12H,8,10H2. The summed E-state index contributed by atoms with van der Waals surface area (Å²) in [5.74, 6) is 0.127. The molecule has 5 heteroatoms. The third kappa shape index (κ3) is 2.55. The predicted octanol–water partition coefficient (Wildman–Crippen LogP) is 3.99. The van der Waals surface area contributed by atoms with Gasteiger partial charge in [0.05, 0.1) is 23.5 Å². The van der Waals surface area contributed by atoms with Crippen molar-refractivity contribution < 1.29 is 13.9 Å². The first-order chi connectivity index (χ1) is 11.6. The second kappa shape index (κ2) is 5.91.